The van der Waals surface area contributed by atoms with Gasteiger partial charge in [0.15, 0.2) is 11.6 Å². The third-order valence-corrected chi connectivity index (χ3v) is 5.13. The third kappa shape index (κ3) is 4.81. The van der Waals surface area contributed by atoms with E-state index in [9.17, 15) is 13.2 Å². The van der Waals surface area contributed by atoms with Gasteiger partial charge in [0.1, 0.15) is 5.82 Å². The smallest absolute Gasteiger partial charge is 0.201 e. The van der Waals surface area contributed by atoms with Crippen molar-refractivity contribution in [2.45, 2.75) is 39.0 Å². The van der Waals surface area contributed by atoms with Gasteiger partial charge in [-0.15, -0.1) is 0 Å². The van der Waals surface area contributed by atoms with Crippen LogP contribution < -0.4 is 4.74 Å². The van der Waals surface area contributed by atoms with Gasteiger partial charge in [-0.2, -0.15) is 4.39 Å². The maximum Gasteiger partial charge on any atom is 0.201 e. The van der Waals surface area contributed by atoms with E-state index in [2.05, 4.69) is 6.92 Å². The van der Waals surface area contributed by atoms with Gasteiger partial charge in [-0.3, -0.25) is 0 Å². The van der Waals surface area contributed by atoms with Crippen LogP contribution in [0.2, 0.25) is 0 Å². The maximum absolute atomic E-state index is 14.7. The molecular weight excluding hydrogens is 373 g/mol. The zero-order valence-electron chi connectivity index (χ0n) is 16.8. The van der Waals surface area contributed by atoms with Gasteiger partial charge in [0.05, 0.1) is 7.11 Å². The highest BCUT2D eigenvalue weighted by atomic mass is 19.2. The molecule has 29 heavy (non-hydrogen) atoms. The van der Waals surface area contributed by atoms with Gasteiger partial charge in [-0.05, 0) is 47.7 Å². The van der Waals surface area contributed by atoms with E-state index in [1.165, 1.54) is 50.1 Å². The van der Waals surface area contributed by atoms with Crippen LogP contribution in [0.3, 0.4) is 0 Å². The molecule has 3 aromatic carbocycles. The van der Waals surface area contributed by atoms with Crippen LogP contribution in [0.1, 0.15) is 38.2 Å². The molecule has 0 saturated carbocycles. The largest absolute Gasteiger partial charge is 0.494 e. The summed E-state index contributed by atoms with van der Waals surface area (Å²) in [5.74, 6) is -2.79. The van der Waals surface area contributed by atoms with Crippen molar-refractivity contribution in [3.63, 3.8) is 0 Å². The number of hydrogen-bond donors (Lipinski definition) is 0. The van der Waals surface area contributed by atoms with Gasteiger partial charge in [-0.1, -0.05) is 62.6 Å². The fraction of sp³-hybridized carbons (Fsp3) is 0.280. The third-order valence-electron chi connectivity index (χ3n) is 5.13. The molecule has 0 radical (unpaired) electrons. The van der Waals surface area contributed by atoms with Crippen molar-refractivity contribution in [1.29, 1.82) is 0 Å². The minimum absolute atomic E-state index is 0.00354. The molecule has 0 spiro atoms. The fourth-order valence-electron chi connectivity index (χ4n) is 3.44. The average molecular weight is 398 g/mol. The molecule has 3 rings (SSSR count). The molecule has 0 saturated heterocycles. The summed E-state index contributed by atoms with van der Waals surface area (Å²) >= 11 is 0. The highest BCUT2D eigenvalue weighted by Gasteiger charge is 2.16. The van der Waals surface area contributed by atoms with Crippen LogP contribution in [0.5, 0.6) is 5.75 Å². The summed E-state index contributed by atoms with van der Waals surface area (Å²) in [6.45, 7) is 2.19. The van der Waals surface area contributed by atoms with Gasteiger partial charge in [0, 0.05) is 11.1 Å². The van der Waals surface area contributed by atoms with Crippen molar-refractivity contribution >= 4 is 0 Å². The highest BCUT2D eigenvalue weighted by molar-refractivity contribution is 5.72. The van der Waals surface area contributed by atoms with Crippen LogP contribution in [0.25, 0.3) is 22.3 Å². The molecule has 0 N–H and O–H groups in total. The second-order valence-electron chi connectivity index (χ2n) is 7.15. The van der Waals surface area contributed by atoms with E-state index < -0.39 is 17.5 Å². The quantitative estimate of drug-likeness (QED) is 0.356. The average Bonchev–Trinajstić information content (AvgIpc) is 2.74. The van der Waals surface area contributed by atoms with Gasteiger partial charge in [0.2, 0.25) is 5.82 Å². The Labute approximate surface area is 170 Å². The van der Waals surface area contributed by atoms with Crippen molar-refractivity contribution in [1.82, 2.24) is 0 Å². The molecular formula is C25H25F3O. The SMILES string of the molecule is CCCCCCc1ccc(-c2ccc(-c3ccc(OC)c(F)c3F)cc2F)cc1. The number of hydrogen-bond acceptors (Lipinski definition) is 1. The molecule has 0 atom stereocenters. The van der Waals surface area contributed by atoms with Crippen LogP contribution in [0.15, 0.2) is 54.6 Å². The van der Waals surface area contributed by atoms with E-state index in [0.717, 1.165) is 18.4 Å². The molecule has 0 aliphatic carbocycles. The van der Waals surface area contributed by atoms with Crippen LogP contribution in [0.4, 0.5) is 13.2 Å². The number of benzene rings is 3. The molecule has 0 aromatic heterocycles. The summed E-state index contributed by atoms with van der Waals surface area (Å²) in [5, 5.41) is 0. The molecule has 0 unspecified atom stereocenters. The fourth-order valence-corrected chi connectivity index (χ4v) is 3.44. The first-order chi connectivity index (χ1) is 14.0. The van der Waals surface area contributed by atoms with Gasteiger partial charge >= 0.3 is 0 Å². The molecule has 0 bridgehead atoms. The Kier molecular flexibility index (Phi) is 6.97. The Morgan fingerprint density at radius 2 is 1.41 bits per heavy atom. The van der Waals surface area contributed by atoms with Crippen molar-refractivity contribution in [3.8, 4) is 28.0 Å². The van der Waals surface area contributed by atoms with Gasteiger partial charge in [0.25, 0.3) is 0 Å². The number of methoxy groups -OCH3 is 1. The summed E-state index contributed by atoms with van der Waals surface area (Å²) in [6.07, 6.45) is 5.84. The Balaban J connectivity index is 1.80. The minimum Gasteiger partial charge on any atom is -0.494 e. The molecule has 4 heteroatoms. The summed E-state index contributed by atoms with van der Waals surface area (Å²) in [7, 11) is 1.27. The first kappa shape index (κ1) is 21.0. The van der Waals surface area contributed by atoms with E-state index >= 15 is 0 Å². The van der Waals surface area contributed by atoms with Crippen molar-refractivity contribution in [3.05, 3.63) is 77.6 Å². The number of ether oxygens (including phenoxy) is 1. The lowest BCUT2D eigenvalue weighted by atomic mass is 9.97. The molecule has 0 aliphatic rings. The lowest BCUT2D eigenvalue weighted by Gasteiger charge is -2.10. The summed E-state index contributed by atoms with van der Waals surface area (Å²) in [6, 6.07) is 15.0. The molecule has 152 valence electrons. The lowest BCUT2D eigenvalue weighted by molar-refractivity contribution is 0.372. The van der Waals surface area contributed by atoms with Crippen molar-refractivity contribution in [2.75, 3.05) is 7.11 Å². The lowest BCUT2D eigenvalue weighted by Crippen LogP contribution is -1.95. The molecule has 0 fully saturated rings. The zero-order chi connectivity index (χ0) is 20.8. The van der Waals surface area contributed by atoms with Crippen LogP contribution in [-0.4, -0.2) is 7.11 Å². The first-order valence-corrected chi connectivity index (χ1v) is 9.96. The Hall–Kier alpha value is -2.75. The molecule has 1 nitrogen and oxygen atoms in total. The number of halogens is 3. The van der Waals surface area contributed by atoms with E-state index in [4.69, 9.17) is 4.74 Å². The van der Waals surface area contributed by atoms with Crippen LogP contribution in [-0.2, 0) is 6.42 Å². The Morgan fingerprint density at radius 1 is 0.724 bits per heavy atom. The topological polar surface area (TPSA) is 9.23 Å². The molecule has 0 heterocycles. The second-order valence-corrected chi connectivity index (χ2v) is 7.15. The second kappa shape index (κ2) is 9.64. The number of rotatable bonds is 8. The monoisotopic (exact) mass is 398 g/mol. The highest BCUT2D eigenvalue weighted by Crippen LogP contribution is 2.32. The summed E-state index contributed by atoms with van der Waals surface area (Å²) in [4.78, 5) is 0. The van der Waals surface area contributed by atoms with Gasteiger partial charge < -0.3 is 4.74 Å². The minimum atomic E-state index is -1.08. The van der Waals surface area contributed by atoms with Crippen LogP contribution >= 0.6 is 0 Å². The van der Waals surface area contributed by atoms with Crippen molar-refractivity contribution in [2.24, 2.45) is 0 Å². The Morgan fingerprint density at radius 3 is 2.07 bits per heavy atom. The summed E-state index contributed by atoms with van der Waals surface area (Å²) < 4.78 is 47.8. The molecule has 3 aromatic rings. The van der Waals surface area contributed by atoms with Gasteiger partial charge in [-0.25, -0.2) is 8.78 Å². The van der Waals surface area contributed by atoms with E-state index in [1.54, 1.807) is 12.1 Å². The van der Waals surface area contributed by atoms with Crippen LogP contribution in [0, 0.1) is 17.5 Å². The van der Waals surface area contributed by atoms with E-state index in [1.807, 2.05) is 24.3 Å². The predicted molar refractivity (Wildman–Crippen MR) is 112 cm³/mol. The Bertz CT molecular complexity index is 965. The normalized spacial score (nSPS) is 10.9. The van der Waals surface area contributed by atoms with Crippen molar-refractivity contribution < 1.29 is 17.9 Å². The van der Waals surface area contributed by atoms with E-state index in [0.29, 0.717) is 5.56 Å². The molecule has 0 aliphatic heterocycles. The zero-order valence-corrected chi connectivity index (χ0v) is 16.8. The number of aryl methyl sites for hydroxylation is 1. The molecule has 0 amide bonds. The number of unbranched alkanes of at least 4 members (excludes halogenated alkanes) is 3. The maximum atomic E-state index is 14.7. The first-order valence-electron chi connectivity index (χ1n) is 9.96. The summed E-state index contributed by atoms with van der Waals surface area (Å²) in [5.41, 5.74) is 2.69. The van der Waals surface area contributed by atoms with E-state index in [-0.39, 0.29) is 16.9 Å². The standard InChI is InChI=1S/C25H25F3O/c1-3-4-5-6-7-17-8-10-18(11-9-17)20-13-12-19(16-22(20)26)21-14-15-23(29-2)25(28)24(21)27/h8-16H,3-7H2,1-2H3. The predicted octanol–water partition coefficient (Wildman–Crippen LogP) is 7.57.